The van der Waals surface area contributed by atoms with Crippen LogP contribution in [0.5, 0.6) is 0 Å². The lowest BCUT2D eigenvalue weighted by atomic mass is 10.0. The van der Waals surface area contributed by atoms with Crippen molar-refractivity contribution in [1.82, 2.24) is 19.9 Å². The average molecular weight is 957 g/mol. The normalized spacial score (nSPS) is 11.9. The molecule has 0 saturated heterocycles. The van der Waals surface area contributed by atoms with Gasteiger partial charge in [0, 0.05) is 62.0 Å². The van der Waals surface area contributed by atoms with Crippen LogP contribution in [-0.4, -0.2) is 36.4 Å². The first-order valence-electron chi connectivity index (χ1n) is 24.5. The highest BCUT2D eigenvalue weighted by Gasteiger charge is 2.15. The molecule has 7 aromatic heterocycles. The van der Waals surface area contributed by atoms with Crippen molar-refractivity contribution in [1.29, 1.82) is 0 Å². The summed E-state index contributed by atoms with van der Waals surface area (Å²) in [6.07, 6.45) is 26.7. The Hall–Kier alpha value is -4.71. The number of aliphatic hydroxyl groups excluding tert-OH is 2. The van der Waals surface area contributed by atoms with E-state index >= 15 is 0 Å². The molecule has 7 nitrogen and oxygen atoms in total. The molecule has 0 fully saturated rings. The Labute approximate surface area is 412 Å². The molecule has 7 aromatic rings. The third kappa shape index (κ3) is 19.1. The fourth-order valence-corrected chi connectivity index (χ4v) is 10.6. The summed E-state index contributed by atoms with van der Waals surface area (Å²) in [5, 5.41) is 21.9. The minimum absolute atomic E-state index is 0.526. The minimum atomic E-state index is -0.526. The van der Waals surface area contributed by atoms with Crippen LogP contribution >= 0.6 is 34.0 Å². The van der Waals surface area contributed by atoms with E-state index < -0.39 is 12.2 Å². The highest BCUT2D eigenvalue weighted by atomic mass is 32.1. The molecule has 2 unspecified atom stereocenters. The van der Waals surface area contributed by atoms with Gasteiger partial charge in [-0.3, -0.25) is 24.7 Å². The van der Waals surface area contributed by atoms with E-state index in [0.29, 0.717) is 12.8 Å². The van der Waals surface area contributed by atoms with Gasteiger partial charge in [-0.15, -0.1) is 34.0 Å². The van der Waals surface area contributed by atoms with Crippen LogP contribution in [0.25, 0.3) is 22.8 Å². The molecule has 0 radical (unpaired) electrons. The van der Waals surface area contributed by atoms with Crippen molar-refractivity contribution in [3.8, 4) is 22.8 Å². The van der Waals surface area contributed by atoms with Gasteiger partial charge in [0.2, 0.25) is 0 Å². The Morgan fingerprint density at radius 3 is 1.21 bits per heavy atom. The van der Waals surface area contributed by atoms with E-state index in [1.54, 1.807) is 46.4 Å². The number of rotatable bonds is 24. The number of carbonyl (C=O) groups excluding carboxylic acids is 1. The first-order chi connectivity index (χ1) is 32.7. The van der Waals surface area contributed by atoms with Gasteiger partial charge in [-0.25, -0.2) is 0 Å². The zero-order valence-corrected chi connectivity index (χ0v) is 42.9. The van der Waals surface area contributed by atoms with Crippen LogP contribution in [0.2, 0.25) is 0 Å². The third-order valence-corrected chi connectivity index (χ3v) is 15.1. The van der Waals surface area contributed by atoms with Crippen molar-refractivity contribution >= 4 is 40.3 Å². The minimum Gasteiger partial charge on any atom is -0.387 e. The van der Waals surface area contributed by atoms with Gasteiger partial charge in [-0.05, 0) is 160 Å². The van der Waals surface area contributed by atoms with Gasteiger partial charge in [0.25, 0.3) is 0 Å². The molecule has 0 aliphatic carbocycles. The predicted molar refractivity (Wildman–Crippen MR) is 284 cm³/mol. The molecule has 7 rings (SSSR count). The van der Waals surface area contributed by atoms with Crippen molar-refractivity contribution in [2.45, 2.75) is 156 Å². The highest BCUT2D eigenvalue weighted by molar-refractivity contribution is 7.13. The second kappa shape index (κ2) is 29.9. The van der Waals surface area contributed by atoms with Crippen LogP contribution in [0.4, 0.5) is 0 Å². The van der Waals surface area contributed by atoms with E-state index in [9.17, 15) is 15.0 Å². The third-order valence-electron chi connectivity index (χ3n) is 11.5. The van der Waals surface area contributed by atoms with Crippen LogP contribution in [0, 0.1) is 13.8 Å². The zero-order valence-electron chi connectivity index (χ0n) is 40.5. The molecular formula is C57H72N4O3S3. The van der Waals surface area contributed by atoms with E-state index in [0.717, 1.165) is 74.1 Å². The number of thiophene rings is 3. The second-order valence-corrected chi connectivity index (χ2v) is 21.0. The largest absolute Gasteiger partial charge is 0.387 e. The molecule has 0 aliphatic heterocycles. The molecule has 2 N–H and O–H groups in total. The molecule has 0 aliphatic rings. The Bertz CT molecular complexity index is 2330. The number of aromatic nitrogens is 4. The molecule has 0 saturated carbocycles. The molecule has 67 heavy (non-hydrogen) atoms. The summed E-state index contributed by atoms with van der Waals surface area (Å²) in [5.41, 5.74) is 7.93. The van der Waals surface area contributed by atoms with E-state index in [2.05, 4.69) is 84.9 Å². The van der Waals surface area contributed by atoms with Crippen LogP contribution in [0.1, 0.15) is 166 Å². The number of hydrogen-bond acceptors (Lipinski definition) is 10. The van der Waals surface area contributed by atoms with Crippen molar-refractivity contribution in [2.24, 2.45) is 0 Å². The SMILES string of the molecule is CCCCCCc1ccc(C(O)Cc2ccnc(-c3cc(CC(O)c4ccc(CCCCCC)s4)ccn3)c2)s1.CCCCCCc1ccc(C=O)s1.Cc1ccnc(-c2cc(C)ccn2)c1. The molecule has 0 amide bonds. The number of hydrogen-bond donors (Lipinski definition) is 2. The summed E-state index contributed by atoms with van der Waals surface area (Å²) in [5.74, 6) is 0. The lowest BCUT2D eigenvalue weighted by Gasteiger charge is -2.11. The molecule has 10 heteroatoms. The Balaban J connectivity index is 0.000000250. The number of aryl methyl sites for hydroxylation is 5. The fourth-order valence-electron chi connectivity index (χ4n) is 7.67. The standard InChI is InChI=1S/C34H44N2O2S2.C12H12N2.C11H16OS/c1-3-5-7-9-11-27-13-15-33(39-27)31(37)23-25-17-19-35-29(21-25)30-22-26(18-20-36-30)24-32(38)34-16-14-28(40-34)12-10-8-6-4-2;1-9-3-5-13-11(7-9)12-8-10(2)4-6-14-12;1-2-3-4-5-6-10-7-8-11(9-12)13-10/h13-22,31-32,37-38H,3-12,23-24H2,1-2H3;3-8H,1-2H3;7-9H,2-6H2,1H3. The van der Waals surface area contributed by atoms with Crippen molar-refractivity contribution in [3.05, 3.63) is 161 Å². The highest BCUT2D eigenvalue weighted by Crippen LogP contribution is 2.30. The maximum Gasteiger partial charge on any atom is 0.160 e. The predicted octanol–water partition coefficient (Wildman–Crippen LogP) is 15.5. The topological polar surface area (TPSA) is 109 Å². The number of carbonyl (C=O) groups is 1. The summed E-state index contributed by atoms with van der Waals surface area (Å²) in [6, 6.07) is 28.5. The maximum atomic E-state index is 10.9. The molecule has 356 valence electrons. The Morgan fingerprint density at radius 1 is 0.463 bits per heavy atom. The molecule has 0 bridgehead atoms. The quantitative estimate of drug-likeness (QED) is 0.0459. The van der Waals surface area contributed by atoms with Gasteiger partial charge >= 0.3 is 0 Å². The number of nitrogens with zero attached hydrogens (tertiary/aromatic N) is 4. The smallest absolute Gasteiger partial charge is 0.160 e. The van der Waals surface area contributed by atoms with E-state index in [1.165, 1.54) is 103 Å². The number of pyridine rings is 4. The number of aliphatic hydroxyl groups is 2. The molecule has 2 atom stereocenters. The molecule has 0 spiro atoms. The summed E-state index contributed by atoms with van der Waals surface area (Å²) in [6.45, 7) is 10.8. The van der Waals surface area contributed by atoms with Crippen LogP contribution in [-0.2, 0) is 32.1 Å². The average Bonchev–Trinajstić information content (AvgIpc) is 4.14. The summed E-state index contributed by atoms with van der Waals surface area (Å²) >= 11 is 5.08. The first kappa shape index (κ1) is 53.2. The first-order valence-corrected chi connectivity index (χ1v) is 27.0. The van der Waals surface area contributed by atoms with Crippen molar-refractivity contribution < 1.29 is 15.0 Å². The van der Waals surface area contributed by atoms with Crippen molar-refractivity contribution in [2.75, 3.05) is 0 Å². The van der Waals surface area contributed by atoms with Gasteiger partial charge in [-0.1, -0.05) is 78.6 Å². The van der Waals surface area contributed by atoms with Gasteiger partial charge in [0.05, 0.1) is 39.9 Å². The van der Waals surface area contributed by atoms with Gasteiger partial charge in [0.1, 0.15) is 0 Å². The van der Waals surface area contributed by atoms with Gasteiger partial charge < -0.3 is 10.2 Å². The van der Waals surface area contributed by atoms with E-state index in [1.807, 2.05) is 67.0 Å². The number of aldehydes is 1. The van der Waals surface area contributed by atoms with E-state index in [-0.39, 0.29) is 0 Å². The van der Waals surface area contributed by atoms with E-state index in [4.69, 9.17) is 0 Å². The van der Waals surface area contributed by atoms with Gasteiger partial charge in [0.15, 0.2) is 6.29 Å². The monoisotopic (exact) mass is 956 g/mol. The molecule has 0 aromatic carbocycles. The Morgan fingerprint density at radius 2 is 0.836 bits per heavy atom. The summed E-state index contributed by atoms with van der Waals surface area (Å²) < 4.78 is 0. The second-order valence-electron chi connectivity index (χ2n) is 17.4. The molecule has 7 heterocycles. The Kier molecular flexibility index (Phi) is 23.8. The van der Waals surface area contributed by atoms with Crippen LogP contribution in [0.3, 0.4) is 0 Å². The van der Waals surface area contributed by atoms with Gasteiger partial charge in [-0.2, -0.15) is 0 Å². The van der Waals surface area contributed by atoms with Crippen LogP contribution < -0.4 is 0 Å². The number of unbranched alkanes of at least 4 members (excludes halogenated alkanes) is 9. The zero-order chi connectivity index (χ0) is 47.6. The fraction of sp³-hybridized carbons (Fsp3) is 0.421. The van der Waals surface area contributed by atoms with Crippen molar-refractivity contribution in [3.63, 3.8) is 0 Å². The summed E-state index contributed by atoms with van der Waals surface area (Å²) in [7, 11) is 0. The summed E-state index contributed by atoms with van der Waals surface area (Å²) in [4.78, 5) is 35.1. The maximum absolute atomic E-state index is 10.9. The lowest BCUT2D eigenvalue weighted by Crippen LogP contribution is -2.02. The molecular weight excluding hydrogens is 885 g/mol. The van der Waals surface area contributed by atoms with Crippen LogP contribution in [0.15, 0.2) is 110 Å². The lowest BCUT2D eigenvalue weighted by molar-refractivity contribution is 0.112.